The fraction of sp³-hybridized carbons (Fsp3) is 0.250. The first-order valence-electron chi connectivity index (χ1n) is 5.60. The number of nitrogens with one attached hydrogen (secondary N) is 3. The zero-order valence-corrected chi connectivity index (χ0v) is 9.66. The Labute approximate surface area is 104 Å². The Morgan fingerprint density at radius 1 is 1.39 bits per heavy atom. The van der Waals surface area contributed by atoms with Crippen molar-refractivity contribution in [3.63, 3.8) is 0 Å². The Bertz CT molecular complexity index is 471. The van der Waals surface area contributed by atoms with Crippen molar-refractivity contribution in [2.75, 3.05) is 6.54 Å². The van der Waals surface area contributed by atoms with E-state index in [2.05, 4.69) is 16.2 Å². The van der Waals surface area contributed by atoms with Crippen LogP contribution in [0.5, 0.6) is 0 Å². The summed E-state index contributed by atoms with van der Waals surface area (Å²) in [6, 6.07) is 6.05. The van der Waals surface area contributed by atoms with Gasteiger partial charge in [0.25, 0.3) is 0 Å². The van der Waals surface area contributed by atoms with Crippen LogP contribution in [-0.2, 0) is 11.3 Å². The second kappa shape index (κ2) is 5.50. The van der Waals surface area contributed by atoms with Crippen molar-refractivity contribution in [1.29, 1.82) is 0 Å². The minimum absolute atomic E-state index is 0.290. The molecule has 0 fully saturated rings. The minimum Gasteiger partial charge on any atom is -0.478 e. The van der Waals surface area contributed by atoms with Gasteiger partial charge in [-0.15, -0.1) is 0 Å². The summed E-state index contributed by atoms with van der Waals surface area (Å²) in [5, 5.41) is 12.0. The van der Waals surface area contributed by atoms with Crippen LogP contribution in [0.15, 0.2) is 35.7 Å². The van der Waals surface area contributed by atoms with Gasteiger partial charge in [-0.3, -0.25) is 0 Å². The van der Waals surface area contributed by atoms with Crippen LogP contribution in [0.1, 0.15) is 12.0 Å². The van der Waals surface area contributed by atoms with Crippen LogP contribution in [0.4, 0.5) is 4.39 Å². The molecule has 0 spiro atoms. The summed E-state index contributed by atoms with van der Waals surface area (Å²) >= 11 is 0. The third-order valence-electron chi connectivity index (χ3n) is 2.66. The highest BCUT2D eigenvalue weighted by Gasteiger charge is 2.17. The third-order valence-corrected chi connectivity index (χ3v) is 2.66. The van der Waals surface area contributed by atoms with Crippen LogP contribution >= 0.6 is 0 Å². The van der Waals surface area contributed by atoms with E-state index in [0.717, 1.165) is 5.56 Å². The molecular weight excluding hydrogens is 237 g/mol. The van der Waals surface area contributed by atoms with E-state index in [1.165, 1.54) is 12.1 Å². The van der Waals surface area contributed by atoms with Crippen molar-refractivity contribution in [2.24, 2.45) is 0 Å². The summed E-state index contributed by atoms with van der Waals surface area (Å²) in [5.41, 5.74) is 6.86. The number of aliphatic carboxylic acids is 1. The highest BCUT2D eigenvalue weighted by atomic mass is 19.1. The van der Waals surface area contributed by atoms with Crippen molar-refractivity contribution in [3.05, 3.63) is 47.0 Å². The molecule has 2 rings (SSSR count). The lowest BCUT2D eigenvalue weighted by Gasteiger charge is -2.21. The molecule has 5 nitrogen and oxygen atoms in total. The van der Waals surface area contributed by atoms with Gasteiger partial charge >= 0.3 is 5.97 Å². The molecule has 1 aliphatic rings. The molecule has 0 aliphatic carbocycles. The zero-order chi connectivity index (χ0) is 13.0. The van der Waals surface area contributed by atoms with Gasteiger partial charge in [0.05, 0.1) is 5.57 Å². The number of rotatable bonds is 4. The number of benzene rings is 1. The topological polar surface area (TPSA) is 73.4 Å². The minimum atomic E-state index is -0.939. The summed E-state index contributed by atoms with van der Waals surface area (Å²) in [6.45, 7) is 1.00. The largest absolute Gasteiger partial charge is 0.478 e. The second-order valence-electron chi connectivity index (χ2n) is 3.94. The molecule has 0 bridgehead atoms. The fourth-order valence-electron chi connectivity index (χ4n) is 1.70. The molecule has 0 atom stereocenters. The van der Waals surface area contributed by atoms with Crippen molar-refractivity contribution in [2.45, 2.75) is 13.0 Å². The summed E-state index contributed by atoms with van der Waals surface area (Å²) in [6.07, 6.45) is 0.452. The summed E-state index contributed by atoms with van der Waals surface area (Å²) in [5.74, 6) is -0.773. The average Bonchev–Trinajstić information content (AvgIpc) is 2.38. The SMILES string of the molecule is O=C(O)C1=C(NCc2ccc(F)cc2)NNCC1. The van der Waals surface area contributed by atoms with Gasteiger partial charge in [-0.05, 0) is 24.1 Å². The van der Waals surface area contributed by atoms with Crippen LogP contribution in [0.2, 0.25) is 0 Å². The van der Waals surface area contributed by atoms with Crippen LogP contribution in [-0.4, -0.2) is 17.6 Å². The van der Waals surface area contributed by atoms with E-state index in [0.29, 0.717) is 30.9 Å². The van der Waals surface area contributed by atoms with Gasteiger partial charge < -0.3 is 15.8 Å². The number of carboxylic acids is 1. The van der Waals surface area contributed by atoms with Crippen molar-refractivity contribution in [1.82, 2.24) is 16.2 Å². The Balaban J connectivity index is 2.04. The third kappa shape index (κ3) is 2.98. The Morgan fingerprint density at radius 3 is 2.78 bits per heavy atom. The maximum atomic E-state index is 12.7. The lowest BCUT2D eigenvalue weighted by atomic mass is 10.1. The van der Waals surface area contributed by atoms with E-state index in [4.69, 9.17) is 5.11 Å². The molecule has 96 valence electrons. The monoisotopic (exact) mass is 251 g/mol. The van der Waals surface area contributed by atoms with E-state index >= 15 is 0 Å². The normalized spacial score (nSPS) is 15.2. The van der Waals surface area contributed by atoms with E-state index in [1.807, 2.05) is 0 Å². The number of hydrazine groups is 1. The summed E-state index contributed by atoms with van der Waals surface area (Å²) < 4.78 is 12.7. The standard InChI is InChI=1S/C12H14FN3O2/c13-9-3-1-8(2-4-9)7-14-11-10(12(17)18)5-6-15-16-11/h1-4,14-16H,5-7H2,(H,17,18). The molecule has 18 heavy (non-hydrogen) atoms. The number of halogens is 1. The predicted octanol–water partition coefficient (Wildman–Crippen LogP) is 0.709. The van der Waals surface area contributed by atoms with Gasteiger partial charge in [0.15, 0.2) is 0 Å². The summed E-state index contributed by atoms with van der Waals surface area (Å²) in [4.78, 5) is 11.0. The van der Waals surface area contributed by atoms with Gasteiger partial charge in [0, 0.05) is 13.1 Å². The number of hydrogen-bond donors (Lipinski definition) is 4. The zero-order valence-electron chi connectivity index (χ0n) is 9.66. The van der Waals surface area contributed by atoms with Crippen molar-refractivity contribution in [3.8, 4) is 0 Å². The Morgan fingerprint density at radius 2 is 2.11 bits per heavy atom. The molecule has 1 aromatic carbocycles. The first kappa shape index (κ1) is 12.4. The second-order valence-corrected chi connectivity index (χ2v) is 3.94. The molecule has 4 N–H and O–H groups in total. The molecule has 0 saturated heterocycles. The van der Waals surface area contributed by atoms with Gasteiger partial charge in [0.2, 0.25) is 0 Å². The van der Waals surface area contributed by atoms with Gasteiger partial charge in [0.1, 0.15) is 11.6 Å². The van der Waals surface area contributed by atoms with Crippen molar-refractivity contribution < 1.29 is 14.3 Å². The molecule has 1 aliphatic heterocycles. The lowest BCUT2D eigenvalue weighted by Crippen LogP contribution is -2.43. The lowest BCUT2D eigenvalue weighted by molar-refractivity contribution is -0.133. The average molecular weight is 251 g/mol. The van der Waals surface area contributed by atoms with Gasteiger partial charge in [-0.2, -0.15) is 0 Å². The molecule has 0 amide bonds. The maximum Gasteiger partial charge on any atom is 0.335 e. The first-order chi connectivity index (χ1) is 8.66. The molecule has 1 aromatic rings. The van der Waals surface area contributed by atoms with E-state index in [1.54, 1.807) is 12.1 Å². The van der Waals surface area contributed by atoms with Crippen LogP contribution < -0.4 is 16.2 Å². The molecule has 1 heterocycles. The van der Waals surface area contributed by atoms with Crippen LogP contribution in [0.3, 0.4) is 0 Å². The van der Waals surface area contributed by atoms with Crippen LogP contribution in [0.25, 0.3) is 0 Å². The first-order valence-corrected chi connectivity index (χ1v) is 5.60. The highest BCUT2D eigenvalue weighted by Crippen LogP contribution is 2.09. The van der Waals surface area contributed by atoms with E-state index in [-0.39, 0.29) is 5.82 Å². The number of hydrogen-bond acceptors (Lipinski definition) is 4. The Kier molecular flexibility index (Phi) is 3.78. The molecule has 0 aromatic heterocycles. The molecule has 0 saturated carbocycles. The smallest absolute Gasteiger partial charge is 0.335 e. The van der Waals surface area contributed by atoms with Crippen LogP contribution in [0, 0.1) is 5.82 Å². The summed E-state index contributed by atoms with van der Waals surface area (Å²) in [7, 11) is 0. The molecule has 0 radical (unpaired) electrons. The van der Waals surface area contributed by atoms with Crippen molar-refractivity contribution >= 4 is 5.97 Å². The number of carbonyl (C=O) groups is 1. The van der Waals surface area contributed by atoms with E-state index in [9.17, 15) is 9.18 Å². The fourth-order valence-corrected chi connectivity index (χ4v) is 1.70. The predicted molar refractivity (Wildman–Crippen MR) is 63.7 cm³/mol. The van der Waals surface area contributed by atoms with Gasteiger partial charge in [-0.25, -0.2) is 14.6 Å². The molecule has 6 heteroatoms. The van der Waals surface area contributed by atoms with Gasteiger partial charge in [-0.1, -0.05) is 12.1 Å². The highest BCUT2D eigenvalue weighted by molar-refractivity contribution is 5.87. The molecule has 0 unspecified atom stereocenters. The Hall–Kier alpha value is -2.08. The molecular formula is C12H14FN3O2. The maximum absolute atomic E-state index is 12.7. The quantitative estimate of drug-likeness (QED) is 0.634. The number of carboxylic acid groups (broad SMARTS) is 1. The van der Waals surface area contributed by atoms with E-state index < -0.39 is 5.97 Å².